The molecule has 0 radical (unpaired) electrons. The molecule has 0 spiro atoms. The van der Waals surface area contributed by atoms with Crippen molar-refractivity contribution in [3.63, 3.8) is 0 Å². The number of fused-ring (bicyclic) bond motifs is 3. The smallest absolute Gasteiger partial charge is 0.332 e. The predicted molar refractivity (Wildman–Crippen MR) is 124 cm³/mol. The summed E-state index contributed by atoms with van der Waals surface area (Å²) in [7, 11) is 0. The molecular weight excluding hydrogens is 447 g/mol. The van der Waals surface area contributed by atoms with E-state index in [1.165, 1.54) is 22.0 Å². The molecule has 1 atom stereocenters. The third-order valence-electron chi connectivity index (χ3n) is 5.78. The third kappa shape index (κ3) is 3.96. The van der Waals surface area contributed by atoms with Gasteiger partial charge < -0.3 is 10.1 Å². The third-order valence-corrected chi connectivity index (χ3v) is 6.87. The fraction of sp³-hybridized carbons (Fsp3) is 0.304. The van der Waals surface area contributed by atoms with Crippen LogP contribution in [-0.4, -0.2) is 32.7 Å². The number of amides is 1. The molecule has 1 N–H and O–H groups in total. The maximum absolute atomic E-state index is 13.9. The Morgan fingerprint density at radius 2 is 2.15 bits per heavy atom. The van der Waals surface area contributed by atoms with Gasteiger partial charge in [0.1, 0.15) is 21.9 Å². The van der Waals surface area contributed by atoms with Gasteiger partial charge >= 0.3 is 5.69 Å². The number of hydrogen-bond donors (Lipinski definition) is 1. The SMILES string of the molecule is Cc1ccc(NC(=O)Cn2c(=O)n(C[C@H]3CCCO3)c(=O)c3sc4ncccc4c32)cc1F. The van der Waals surface area contributed by atoms with Crippen LogP contribution < -0.4 is 16.6 Å². The molecule has 5 rings (SSSR count). The van der Waals surface area contributed by atoms with Crippen molar-refractivity contribution < 1.29 is 13.9 Å². The first-order valence-corrected chi connectivity index (χ1v) is 11.4. The van der Waals surface area contributed by atoms with Crippen LogP contribution in [0.2, 0.25) is 0 Å². The Morgan fingerprint density at radius 1 is 1.30 bits per heavy atom. The van der Waals surface area contributed by atoms with Crippen LogP contribution in [0.5, 0.6) is 0 Å². The highest BCUT2D eigenvalue weighted by atomic mass is 32.1. The summed E-state index contributed by atoms with van der Waals surface area (Å²) in [6, 6.07) is 7.88. The van der Waals surface area contributed by atoms with Crippen molar-refractivity contribution in [2.75, 3.05) is 11.9 Å². The molecule has 33 heavy (non-hydrogen) atoms. The molecule has 1 aliphatic rings. The van der Waals surface area contributed by atoms with Crippen molar-refractivity contribution in [2.45, 2.75) is 39.0 Å². The molecule has 1 aromatic carbocycles. The average molecular weight is 469 g/mol. The van der Waals surface area contributed by atoms with Crippen molar-refractivity contribution in [1.82, 2.24) is 14.1 Å². The van der Waals surface area contributed by atoms with Crippen LogP contribution in [0.1, 0.15) is 18.4 Å². The quantitative estimate of drug-likeness (QED) is 0.486. The zero-order valence-electron chi connectivity index (χ0n) is 17.8. The summed E-state index contributed by atoms with van der Waals surface area (Å²) in [5.74, 6) is -0.945. The standard InChI is InChI=1S/C23H21FN4O4S/c1-13-6-7-14(10-17(13)24)26-18(29)12-27-19-16-5-2-8-25-21(16)33-20(19)22(30)28(23(27)31)11-15-4-3-9-32-15/h2,5-8,10,15H,3-4,9,11-12H2,1H3,(H,26,29)/t15-/m1/s1. The number of aromatic nitrogens is 3. The highest BCUT2D eigenvalue weighted by Crippen LogP contribution is 2.29. The number of anilines is 1. The lowest BCUT2D eigenvalue weighted by atomic mass is 10.2. The molecule has 170 valence electrons. The average Bonchev–Trinajstić information content (AvgIpc) is 3.45. The first-order valence-electron chi connectivity index (χ1n) is 10.6. The number of rotatable bonds is 5. The van der Waals surface area contributed by atoms with Gasteiger partial charge in [-0.15, -0.1) is 11.3 Å². The fourth-order valence-electron chi connectivity index (χ4n) is 4.10. The molecule has 1 amide bonds. The minimum atomic E-state index is -0.586. The van der Waals surface area contributed by atoms with Crippen LogP contribution in [0.15, 0.2) is 46.1 Å². The lowest BCUT2D eigenvalue weighted by molar-refractivity contribution is -0.116. The van der Waals surface area contributed by atoms with Crippen LogP contribution in [0.3, 0.4) is 0 Å². The first kappa shape index (κ1) is 21.5. The van der Waals surface area contributed by atoms with Gasteiger partial charge in [-0.3, -0.25) is 18.7 Å². The summed E-state index contributed by atoms with van der Waals surface area (Å²) < 4.78 is 22.3. The first-order chi connectivity index (χ1) is 15.9. The van der Waals surface area contributed by atoms with Gasteiger partial charge in [0.05, 0.1) is 18.2 Å². The number of carbonyl (C=O) groups excluding carboxylic acids is 1. The Morgan fingerprint density at radius 3 is 2.91 bits per heavy atom. The number of carbonyl (C=O) groups is 1. The molecule has 0 unspecified atom stereocenters. The molecule has 1 aliphatic heterocycles. The van der Waals surface area contributed by atoms with E-state index < -0.39 is 23.0 Å². The molecule has 4 aromatic rings. The number of aryl methyl sites for hydroxylation is 1. The number of hydrogen-bond acceptors (Lipinski definition) is 6. The van der Waals surface area contributed by atoms with Crippen molar-refractivity contribution in [3.8, 4) is 0 Å². The molecule has 4 heterocycles. The maximum Gasteiger partial charge on any atom is 0.332 e. The van der Waals surface area contributed by atoms with Gasteiger partial charge in [-0.25, -0.2) is 14.2 Å². The maximum atomic E-state index is 13.9. The van der Waals surface area contributed by atoms with Gasteiger partial charge in [-0.05, 0) is 49.6 Å². The van der Waals surface area contributed by atoms with Crippen LogP contribution in [-0.2, 0) is 22.6 Å². The Hall–Kier alpha value is -3.37. The summed E-state index contributed by atoms with van der Waals surface area (Å²) in [6.45, 7) is 2.01. The van der Waals surface area contributed by atoms with E-state index >= 15 is 0 Å². The summed E-state index contributed by atoms with van der Waals surface area (Å²) in [5.41, 5.74) is 0.135. The fourth-order valence-corrected chi connectivity index (χ4v) is 5.19. The summed E-state index contributed by atoms with van der Waals surface area (Å²) in [6.07, 6.45) is 3.03. The Labute approximate surface area is 191 Å². The van der Waals surface area contributed by atoms with E-state index in [4.69, 9.17) is 4.74 Å². The Kier molecular flexibility index (Phi) is 5.55. The molecule has 0 bridgehead atoms. The number of nitrogens with one attached hydrogen (secondary N) is 1. The number of halogens is 1. The van der Waals surface area contributed by atoms with Crippen LogP contribution >= 0.6 is 11.3 Å². The van der Waals surface area contributed by atoms with E-state index in [0.717, 1.165) is 17.4 Å². The van der Waals surface area contributed by atoms with Crippen LogP contribution in [0, 0.1) is 12.7 Å². The summed E-state index contributed by atoms with van der Waals surface area (Å²) in [4.78, 5) is 44.5. The van der Waals surface area contributed by atoms with E-state index in [1.807, 2.05) is 0 Å². The Bertz CT molecular complexity index is 1500. The molecule has 1 fully saturated rings. The second-order valence-corrected chi connectivity index (χ2v) is 9.07. The van der Waals surface area contributed by atoms with Gasteiger partial charge in [0.15, 0.2) is 0 Å². The van der Waals surface area contributed by atoms with Crippen molar-refractivity contribution in [2.24, 2.45) is 0 Å². The second-order valence-electron chi connectivity index (χ2n) is 8.07. The van der Waals surface area contributed by atoms with E-state index in [2.05, 4.69) is 10.3 Å². The highest BCUT2D eigenvalue weighted by molar-refractivity contribution is 7.25. The van der Waals surface area contributed by atoms with Gasteiger partial charge in [-0.1, -0.05) is 6.07 Å². The van der Waals surface area contributed by atoms with Crippen molar-refractivity contribution in [3.05, 3.63) is 68.7 Å². The van der Waals surface area contributed by atoms with Crippen molar-refractivity contribution in [1.29, 1.82) is 0 Å². The van der Waals surface area contributed by atoms with Gasteiger partial charge in [0.25, 0.3) is 5.56 Å². The predicted octanol–water partition coefficient (Wildman–Crippen LogP) is 3.04. The molecule has 0 aliphatic carbocycles. The van der Waals surface area contributed by atoms with E-state index in [-0.39, 0.29) is 24.9 Å². The number of benzene rings is 1. The minimum Gasteiger partial charge on any atom is -0.376 e. The molecule has 1 saturated heterocycles. The van der Waals surface area contributed by atoms with E-state index in [1.54, 1.807) is 37.4 Å². The summed E-state index contributed by atoms with van der Waals surface area (Å²) in [5, 5.41) is 3.26. The zero-order valence-corrected chi connectivity index (χ0v) is 18.7. The van der Waals surface area contributed by atoms with Gasteiger partial charge in [0, 0.05) is 23.9 Å². The lowest BCUT2D eigenvalue weighted by Gasteiger charge is -2.15. The second kappa shape index (κ2) is 8.53. The lowest BCUT2D eigenvalue weighted by Crippen LogP contribution is -2.43. The molecular formula is C23H21FN4O4S. The molecule has 3 aromatic heterocycles. The van der Waals surface area contributed by atoms with Crippen LogP contribution in [0.25, 0.3) is 20.4 Å². The number of nitrogens with zero attached hydrogens (tertiary/aromatic N) is 3. The van der Waals surface area contributed by atoms with Gasteiger partial charge in [0.2, 0.25) is 5.91 Å². The molecule has 8 nitrogen and oxygen atoms in total. The van der Waals surface area contributed by atoms with Gasteiger partial charge in [-0.2, -0.15) is 0 Å². The zero-order chi connectivity index (χ0) is 23.1. The normalized spacial score (nSPS) is 16.0. The largest absolute Gasteiger partial charge is 0.376 e. The monoisotopic (exact) mass is 468 g/mol. The van der Waals surface area contributed by atoms with Crippen molar-refractivity contribution >= 4 is 43.4 Å². The molecule has 0 saturated carbocycles. The minimum absolute atomic E-state index is 0.125. The number of ether oxygens (including phenoxy) is 1. The molecule has 10 heteroatoms. The summed E-state index contributed by atoms with van der Waals surface area (Å²) >= 11 is 1.19. The number of pyridine rings is 1. The van der Waals surface area contributed by atoms with E-state index in [0.29, 0.717) is 32.6 Å². The van der Waals surface area contributed by atoms with E-state index in [9.17, 15) is 18.8 Å². The Balaban J connectivity index is 1.60. The number of thiophene rings is 1. The topological polar surface area (TPSA) is 95.2 Å². The van der Waals surface area contributed by atoms with Crippen LogP contribution in [0.4, 0.5) is 10.1 Å². The highest BCUT2D eigenvalue weighted by Gasteiger charge is 2.24.